The molecular formula is C9H19N3O. The zero-order valence-corrected chi connectivity index (χ0v) is 8.69. The van der Waals surface area contributed by atoms with E-state index in [-0.39, 0.29) is 0 Å². The van der Waals surface area contributed by atoms with Crippen molar-refractivity contribution in [3.05, 3.63) is 0 Å². The number of nitrogens with zero attached hydrogens (tertiary/aromatic N) is 3. The summed E-state index contributed by atoms with van der Waals surface area (Å²) in [6.07, 6.45) is 4.83. The maximum Gasteiger partial charge on any atom is 0.145 e. The number of oxime groups is 1. The van der Waals surface area contributed by atoms with Crippen molar-refractivity contribution < 1.29 is 5.21 Å². The third-order valence-corrected chi connectivity index (χ3v) is 1.67. The third-order valence-electron chi connectivity index (χ3n) is 1.67. The monoisotopic (exact) mass is 185 g/mol. The summed E-state index contributed by atoms with van der Waals surface area (Å²) in [7, 11) is 3.75. The third kappa shape index (κ3) is 6.13. The Morgan fingerprint density at radius 2 is 2.08 bits per heavy atom. The van der Waals surface area contributed by atoms with Gasteiger partial charge in [-0.15, -0.1) is 0 Å². The smallest absolute Gasteiger partial charge is 0.145 e. The van der Waals surface area contributed by atoms with Crippen LogP contribution >= 0.6 is 0 Å². The van der Waals surface area contributed by atoms with Gasteiger partial charge in [0.2, 0.25) is 0 Å². The zero-order valence-electron chi connectivity index (χ0n) is 8.69. The van der Waals surface area contributed by atoms with Crippen LogP contribution in [0.1, 0.15) is 26.2 Å². The predicted octanol–water partition coefficient (Wildman–Crippen LogP) is 1.60. The molecule has 0 aromatic carbocycles. The average Bonchev–Trinajstić information content (AvgIpc) is 2.10. The van der Waals surface area contributed by atoms with Crippen LogP contribution in [-0.4, -0.2) is 42.8 Å². The highest BCUT2D eigenvalue weighted by molar-refractivity contribution is 6.28. The van der Waals surface area contributed by atoms with Gasteiger partial charge in [0.25, 0.3) is 0 Å². The number of aliphatic imine (C=N–C) groups is 1. The van der Waals surface area contributed by atoms with Gasteiger partial charge < -0.3 is 10.1 Å². The van der Waals surface area contributed by atoms with Crippen LogP contribution in [0.5, 0.6) is 0 Å². The molecule has 0 aliphatic rings. The highest BCUT2D eigenvalue weighted by Gasteiger charge is 1.96. The van der Waals surface area contributed by atoms with Gasteiger partial charge in [-0.05, 0) is 6.42 Å². The Hall–Kier alpha value is -1.06. The zero-order chi connectivity index (χ0) is 10.1. The highest BCUT2D eigenvalue weighted by Crippen LogP contribution is 1.94. The topological polar surface area (TPSA) is 48.2 Å². The van der Waals surface area contributed by atoms with Crippen LogP contribution in [0.25, 0.3) is 0 Å². The second-order valence-electron chi connectivity index (χ2n) is 3.09. The first-order valence-electron chi connectivity index (χ1n) is 4.61. The molecule has 0 saturated carbocycles. The van der Waals surface area contributed by atoms with Crippen LogP contribution < -0.4 is 0 Å². The maximum atomic E-state index is 8.35. The summed E-state index contributed by atoms with van der Waals surface area (Å²) >= 11 is 0. The molecule has 0 aromatic heterocycles. The van der Waals surface area contributed by atoms with Gasteiger partial charge in [-0.25, -0.2) is 0 Å². The molecule has 0 rings (SSSR count). The normalized spacial score (nSPS) is 12.4. The molecule has 0 aromatic rings. The fraction of sp³-hybridized carbons (Fsp3) is 0.778. The highest BCUT2D eigenvalue weighted by atomic mass is 16.4. The number of hydrogen-bond donors (Lipinski definition) is 1. The first kappa shape index (κ1) is 11.9. The summed E-state index contributed by atoms with van der Waals surface area (Å²) in [6.45, 7) is 2.96. The molecule has 0 saturated heterocycles. The lowest BCUT2D eigenvalue weighted by molar-refractivity contribution is 0.322. The van der Waals surface area contributed by atoms with E-state index in [1.807, 2.05) is 19.0 Å². The molecule has 0 aliphatic heterocycles. The predicted molar refractivity (Wildman–Crippen MR) is 55.8 cm³/mol. The van der Waals surface area contributed by atoms with Gasteiger partial charge in [0.15, 0.2) is 0 Å². The quantitative estimate of drug-likeness (QED) is 0.232. The molecule has 0 amide bonds. The molecule has 0 atom stereocenters. The van der Waals surface area contributed by atoms with Crippen LogP contribution in [0.15, 0.2) is 10.1 Å². The number of rotatable bonds is 5. The van der Waals surface area contributed by atoms with Gasteiger partial charge in [0.05, 0.1) is 0 Å². The Morgan fingerprint density at radius 1 is 1.38 bits per heavy atom. The van der Waals surface area contributed by atoms with Crippen molar-refractivity contribution in [2.45, 2.75) is 26.2 Å². The summed E-state index contributed by atoms with van der Waals surface area (Å²) in [6, 6.07) is 0. The Labute approximate surface area is 80.0 Å². The molecule has 0 heterocycles. The second-order valence-corrected chi connectivity index (χ2v) is 3.09. The van der Waals surface area contributed by atoms with E-state index in [9.17, 15) is 0 Å². The van der Waals surface area contributed by atoms with E-state index in [0.29, 0.717) is 5.84 Å². The molecule has 4 nitrogen and oxygen atoms in total. The van der Waals surface area contributed by atoms with Gasteiger partial charge >= 0.3 is 0 Å². The van der Waals surface area contributed by atoms with Gasteiger partial charge in [0, 0.05) is 20.6 Å². The Balaban J connectivity index is 3.90. The molecule has 76 valence electrons. The lowest BCUT2D eigenvalue weighted by Gasteiger charge is -2.10. The number of amidine groups is 1. The molecular weight excluding hydrogens is 166 g/mol. The molecule has 1 N–H and O–H groups in total. The van der Waals surface area contributed by atoms with E-state index in [0.717, 1.165) is 13.0 Å². The summed E-state index contributed by atoms with van der Waals surface area (Å²) in [5.74, 6) is 0.707. The fourth-order valence-corrected chi connectivity index (χ4v) is 0.905. The SMILES string of the molecule is CCCCCN=C(/C=N/O)N(C)C. The van der Waals surface area contributed by atoms with Crippen molar-refractivity contribution in [3.8, 4) is 0 Å². The lowest BCUT2D eigenvalue weighted by Crippen LogP contribution is -2.23. The standard InChI is InChI=1S/C9H19N3O/c1-4-5-6-7-10-9(8-11-13)12(2)3/h8,13H,4-7H2,1-3H3/b10-9?,11-8+. The fourth-order valence-electron chi connectivity index (χ4n) is 0.905. The van der Waals surface area contributed by atoms with Crippen molar-refractivity contribution in [1.82, 2.24) is 4.90 Å². The summed E-state index contributed by atoms with van der Waals surface area (Å²) in [5.41, 5.74) is 0. The van der Waals surface area contributed by atoms with Gasteiger partial charge in [-0.2, -0.15) is 0 Å². The molecule has 0 radical (unpaired) electrons. The van der Waals surface area contributed by atoms with Crippen LogP contribution in [0, 0.1) is 0 Å². The van der Waals surface area contributed by atoms with Crippen molar-refractivity contribution in [3.63, 3.8) is 0 Å². The Morgan fingerprint density at radius 3 is 2.54 bits per heavy atom. The van der Waals surface area contributed by atoms with E-state index in [1.54, 1.807) is 0 Å². The number of unbranched alkanes of at least 4 members (excludes halogenated alkanes) is 2. The minimum atomic E-state index is 0.707. The first-order chi connectivity index (χ1) is 6.22. The minimum Gasteiger partial charge on any atom is -0.411 e. The lowest BCUT2D eigenvalue weighted by atomic mass is 10.2. The molecule has 0 aliphatic carbocycles. The molecule has 0 bridgehead atoms. The molecule has 4 heteroatoms. The Bertz CT molecular complexity index is 176. The second kappa shape index (κ2) is 7.58. The average molecular weight is 185 g/mol. The largest absolute Gasteiger partial charge is 0.411 e. The van der Waals surface area contributed by atoms with Gasteiger partial charge in [-0.1, -0.05) is 24.9 Å². The molecule has 0 unspecified atom stereocenters. The molecule has 13 heavy (non-hydrogen) atoms. The van der Waals surface area contributed by atoms with E-state index in [1.165, 1.54) is 19.1 Å². The van der Waals surface area contributed by atoms with Crippen LogP contribution in [-0.2, 0) is 0 Å². The van der Waals surface area contributed by atoms with E-state index in [4.69, 9.17) is 5.21 Å². The van der Waals surface area contributed by atoms with E-state index >= 15 is 0 Å². The number of hydrogen-bond acceptors (Lipinski definition) is 3. The Kier molecular flexibility index (Phi) is 6.96. The van der Waals surface area contributed by atoms with Crippen molar-refractivity contribution in [2.24, 2.45) is 10.1 Å². The minimum absolute atomic E-state index is 0.707. The van der Waals surface area contributed by atoms with Crippen molar-refractivity contribution >= 4 is 12.1 Å². The summed E-state index contributed by atoms with van der Waals surface area (Å²) < 4.78 is 0. The van der Waals surface area contributed by atoms with Crippen LogP contribution in [0.3, 0.4) is 0 Å². The van der Waals surface area contributed by atoms with Gasteiger partial charge in [0.1, 0.15) is 12.1 Å². The van der Waals surface area contributed by atoms with Crippen LogP contribution in [0.2, 0.25) is 0 Å². The van der Waals surface area contributed by atoms with Crippen LogP contribution in [0.4, 0.5) is 0 Å². The van der Waals surface area contributed by atoms with Crippen molar-refractivity contribution in [2.75, 3.05) is 20.6 Å². The molecule has 0 spiro atoms. The van der Waals surface area contributed by atoms with Gasteiger partial charge in [-0.3, -0.25) is 4.99 Å². The van der Waals surface area contributed by atoms with E-state index in [2.05, 4.69) is 17.1 Å². The maximum absolute atomic E-state index is 8.35. The van der Waals surface area contributed by atoms with E-state index < -0.39 is 0 Å². The van der Waals surface area contributed by atoms with Crippen molar-refractivity contribution in [1.29, 1.82) is 0 Å². The first-order valence-corrected chi connectivity index (χ1v) is 4.61. The summed E-state index contributed by atoms with van der Waals surface area (Å²) in [4.78, 5) is 6.11. The molecule has 0 fully saturated rings. The summed E-state index contributed by atoms with van der Waals surface area (Å²) in [5, 5.41) is 11.3.